The summed E-state index contributed by atoms with van der Waals surface area (Å²) in [6, 6.07) is 14.5. The molecule has 2 N–H and O–H groups in total. The highest BCUT2D eigenvalue weighted by Gasteiger charge is 2.19. The van der Waals surface area contributed by atoms with Gasteiger partial charge in [-0.3, -0.25) is 0 Å². The molecule has 0 aliphatic heterocycles. The minimum atomic E-state index is -1.16. The van der Waals surface area contributed by atoms with Gasteiger partial charge in [0.15, 0.2) is 0 Å². The Hall–Kier alpha value is -2.46. The maximum atomic E-state index is 11.4. The molecule has 0 bridgehead atoms. The lowest BCUT2D eigenvalue weighted by Crippen LogP contribution is -1.99. The van der Waals surface area contributed by atoms with Gasteiger partial charge in [0, 0.05) is 10.5 Å². The van der Waals surface area contributed by atoms with Crippen LogP contribution in [0.3, 0.4) is 0 Å². The molecule has 0 heterocycles. The molecular weight excluding hydrogens is 296 g/mol. The first-order chi connectivity index (χ1) is 10.5. The third-order valence-electron chi connectivity index (χ3n) is 3.67. The summed E-state index contributed by atoms with van der Waals surface area (Å²) >= 11 is 4.48. The molecule has 0 amide bonds. The van der Waals surface area contributed by atoms with Crippen LogP contribution in [0.25, 0.3) is 21.9 Å². The Morgan fingerprint density at radius 3 is 2.50 bits per heavy atom. The lowest BCUT2D eigenvalue weighted by atomic mass is 9.93. The SMILES string of the molecule is Cc1ccc(-c2c(O)c(C(=O)O)cc3ccccc23)c(S)c1. The molecule has 0 radical (unpaired) electrons. The van der Waals surface area contributed by atoms with E-state index in [0.717, 1.165) is 16.3 Å². The second kappa shape index (κ2) is 5.39. The zero-order valence-electron chi connectivity index (χ0n) is 11.9. The van der Waals surface area contributed by atoms with Gasteiger partial charge in [-0.2, -0.15) is 0 Å². The van der Waals surface area contributed by atoms with Crippen LogP contribution in [-0.4, -0.2) is 16.2 Å². The molecule has 0 aliphatic carbocycles. The van der Waals surface area contributed by atoms with Gasteiger partial charge in [-0.15, -0.1) is 12.6 Å². The molecule has 0 fully saturated rings. The van der Waals surface area contributed by atoms with Crippen LogP contribution in [0.4, 0.5) is 0 Å². The topological polar surface area (TPSA) is 57.5 Å². The van der Waals surface area contributed by atoms with Crippen molar-refractivity contribution in [2.75, 3.05) is 0 Å². The number of hydrogen-bond donors (Lipinski definition) is 3. The van der Waals surface area contributed by atoms with Gasteiger partial charge in [0.2, 0.25) is 0 Å². The van der Waals surface area contributed by atoms with Gasteiger partial charge in [0.25, 0.3) is 0 Å². The number of thiol groups is 1. The zero-order chi connectivity index (χ0) is 15.9. The van der Waals surface area contributed by atoms with E-state index in [2.05, 4.69) is 12.6 Å². The number of carbonyl (C=O) groups is 1. The van der Waals surface area contributed by atoms with Crippen molar-refractivity contribution < 1.29 is 15.0 Å². The van der Waals surface area contributed by atoms with Crippen LogP contribution in [0.1, 0.15) is 15.9 Å². The lowest BCUT2D eigenvalue weighted by molar-refractivity contribution is 0.0694. The Kier molecular flexibility index (Phi) is 3.54. The highest BCUT2D eigenvalue weighted by molar-refractivity contribution is 7.80. The van der Waals surface area contributed by atoms with E-state index in [9.17, 15) is 15.0 Å². The first-order valence-electron chi connectivity index (χ1n) is 6.77. The van der Waals surface area contributed by atoms with Crippen molar-refractivity contribution in [2.45, 2.75) is 11.8 Å². The molecule has 0 aromatic heterocycles. The van der Waals surface area contributed by atoms with Crippen LogP contribution in [0, 0.1) is 6.92 Å². The fourth-order valence-corrected chi connectivity index (χ4v) is 3.02. The predicted molar refractivity (Wildman–Crippen MR) is 90.0 cm³/mol. The zero-order valence-corrected chi connectivity index (χ0v) is 12.8. The van der Waals surface area contributed by atoms with Gasteiger partial charge in [-0.1, -0.05) is 36.4 Å². The van der Waals surface area contributed by atoms with Gasteiger partial charge in [0.1, 0.15) is 11.3 Å². The summed E-state index contributed by atoms with van der Waals surface area (Å²) < 4.78 is 0. The molecule has 0 saturated heterocycles. The number of carboxylic acids is 1. The predicted octanol–water partition coefficient (Wildman–Crippen LogP) is 4.51. The standard InChI is InChI=1S/C18H14O3S/c1-10-6-7-13(15(22)8-10)16-12-5-3-2-4-11(12)9-14(17(16)19)18(20)21/h2-9,19,22H,1H3,(H,20,21). The molecule has 0 saturated carbocycles. The summed E-state index contributed by atoms with van der Waals surface area (Å²) in [6.07, 6.45) is 0. The first kappa shape index (κ1) is 14.5. The number of aryl methyl sites for hydroxylation is 1. The van der Waals surface area contributed by atoms with Gasteiger partial charge in [-0.25, -0.2) is 4.79 Å². The number of benzene rings is 3. The average Bonchev–Trinajstić information content (AvgIpc) is 2.47. The molecule has 0 atom stereocenters. The van der Waals surface area contributed by atoms with E-state index in [4.69, 9.17) is 0 Å². The minimum absolute atomic E-state index is 0.109. The molecule has 3 aromatic carbocycles. The number of carboxylic acid groups (broad SMARTS) is 1. The molecule has 3 aromatic rings. The van der Waals surface area contributed by atoms with Gasteiger partial charge < -0.3 is 10.2 Å². The maximum Gasteiger partial charge on any atom is 0.339 e. The highest BCUT2D eigenvalue weighted by Crippen LogP contribution is 2.41. The number of aromatic carboxylic acids is 1. The molecule has 110 valence electrons. The fourth-order valence-electron chi connectivity index (χ4n) is 2.63. The van der Waals surface area contributed by atoms with E-state index >= 15 is 0 Å². The monoisotopic (exact) mass is 310 g/mol. The Balaban J connectivity index is 2.45. The number of aromatic hydroxyl groups is 1. The molecule has 4 heteroatoms. The summed E-state index contributed by atoms with van der Waals surface area (Å²) in [5.41, 5.74) is 2.15. The number of rotatable bonds is 2. The third kappa shape index (κ3) is 2.31. The summed E-state index contributed by atoms with van der Waals surface area (Å²) in [4.78, 5) is 12.1. The maximum absolute atomic E-state index is 11.4. The number of fused-ring (bicyclic) bond motifs is 1. The van der Waals surface area contributed by atoms with E-state index in [-0.39, 0.29) is 11.3 Å². The molecule has 0 unspecified atom stereocenters. The van der Waals surface area contributed by atoms with Crippen molar-refractivity contribution in [2.24, 2.45) is 0 Å². The molecule has 0 spiro atoms. The fraction of sp³-hybridized carbons (Fsp3) is 0.0556. The van der Waals surface area contributed by atoms with Gasteiger partial charge >= 0.3 is 5.97 Å². The molecule has 3 nitrogen and oxygen atoms in total. The van der Waals surface area contributed by atoms with E-state index in [0.29, 0.717) is 16.0 Å². The van der Waals surface area contributed by atoms with Crippen molar-refractivity contribution >= 4 is 29.4 Å². The number of hydrogen-bond acceptors (Lipinski definition) is 3. The largest absolute Gasteiger partial charge is 0.506 e. The van der Waals surface area contributed by atoms with Crippen LogP contribution in [0.15, 0.2) is 53.4 Å². The average molecular weight is 310 g/mol. The highest BCUT2D eigenvalue weighted by atomic mass is 32.1. The van der Waals surface area contributed by atoms with Gasteiger partial charge in [-0.05, 0) is 41.0 Å². The molecule has 3 rings (SSSR count). The van der Waals surface area contributed by atoms with Crippen molar-refractivity contribution in [3.05, 3.63) is 59.7 Å². The molecule has 22 heavy (non-hydrogen) atoms. The number of phenols is 1. The van der Waals surface area contributed by atoms with Crippen molar-refractivity contribution in [1.29, 1.82) is 0 Å². The van der Waals surface area contributed by atoms with E-state index in [1.165, 1.54) is 6.07 Å². The second-order valence-electron chi connectivity index (χ2n) is 5.19. The third-order valence-corrected chi connectivity index (χ3v) is 4.04. The Morgan fingerprint density at radius 1 is 1.09 bits per heavy atom. The van der Waals surface area contributed by atoms with Crippen LogP contribution >= 0.6 is 12.6 Å². The Labute approximate surface area is 133 Å². The summed E-state index contributed by atoms with van der Waals surface area (Å²) in [7, 11) is 0. The summed E-state index contributed by atoms with van der Waals surface area (Å²) in [6.45, 7) is 1.95. The normalized spacial score (nSPS) is 10.8. The second-order valence-corrected chi connectivity index (χ2v) is 5.68. The smallest absolute Gasteiger partial charge is 0.339 e. The van der Waals surface area contributed by atoms with Crippen LogP contribution in [0.2, 0.25) is 0 Å². The molecular formula is C18H14O3S. The van der Waals surface area contributed by atoms with Crippen LogP contribution in [0.5, 0.6) is 5.75 Å². The van der Waals surface area contributed by atoms with Gasteiger partial charge in [0.05, 0.1) is 0 Å². The van der Waals surface area contributed by atoms with Crippen LogP contribution < -0.4 is 0 Å². The van der Waals surface area contributed by atoms with Crippen molar-refractivity contribution in [3.63, 3.8) is 0 Å². The Morgan fingerprint density at radius 2 is 1.82 bits per heavy atom. The van der Waals surface area contributed by atoms with Crippen molar-refractivity contribution in [1.82, 2.24) is 0 Å². The quantitative estimate of drug-likeness (QED) is 0.610. The van der Waals surface area contributed by atoms with Crippen molar-refractivity contribution in [3.8, 4) is 16.9 Å². The summed E-state index contributed by atoms with van der Waals surface area (Å²) in [5, 5.41) is 21.4. The summed E-state index contributed by atoms with van der Waals surface area (Å²) in [5.74, 6) is -1.39. The minimum Gasteiger partial charge on any atom is -0.506 e. The van der Waals surface area contributed by atoms with E-state index < -0.39 is 5.97 Å². The Bertz CT molecular complexity index is 900. The van der Waals surface area contributed by atoms with E-state index in [1.54, 1.807) is 0 Å². The first-order valence-corrected chi connectivity index (χ1v) is 7.21. The lowest BCUT2D eigenvalue weighted by Gasteiger charge is -2.14. The molecule has 0 aliphatic rings. The van der Waals surface area contributed by atoms with Crippen LogP contribution in [-0.2, 0) is 0 Å². The van der Waals surface area contributed by atoms with E-state index in [1.807, 2.05) is 49.4 Å².